The Hall–Kier alpha value is -4.20. The second-order valence-corrected chi connectivity index (χ2v) is 11.0. The molecule has 0 aromatic carbocycles. The Morgan fingerprint density at radius 1 is 1.14 bits per heavy atom. The van der Waals surface area contributed by atoms with E-state index in [-0.39, 0.29) is 35.6 Å². The summed E-state index contributed by atoms with van der Waals surface area (Å²) in [5.74, 6) is -8.26. The van der Waals surface area contributed by atoms with Crippen LogP contribution in [0, 0.1) is 37.4 Å². The van der Waals surface area contributed by atoms with Crippen LogP contribution in [0.4, 0.5) is 8.78 Å². The number of nitrogens with zero attached hydrogens (tertiary/aromatic N) is 2. The summed E-state index contributed by atoms with van der Waals surface area (Å²) < 4.78 is 39.3. The third kappa shape index (κ3) is 7.80. The predicted octanol–water partition coefficient (Wildman–Crippen LogP) is 1.80. The zero-order chi connectivity index (χ0) is 32.2. The van der Waals surface area contributed by atoms with Gasteiger partial charge in [0.25, 0.3) is 5.91 Å². The van der Waals surface area contributed by atoms with Crippen LogP contribution in [0.2, 0.25) is 0 Å². The normalized spacial score (nSPS) is 25.2. The summed E-state index contributed by atoms with van der Waals surface area (Å²) in [7, 11) is 0. The molecule has 2 aromatic rings. The van der Waals surface area contributed by atoms with Gasteiger partial charge in [-0.1, -0.05) is 13.8 Å². The number of aliphatic hydroxyl groups is 1. The predicted molar refractivity (Wildman–Crippen MR) is 146 cm³/mol. The highest BCUT2D eigenvalue weighted by Crippen LogP contribution is 2.24. The van der Waals surface area contributed by atoms with Crippen molar-refractivity contribution in [3.63, 3.8) is 0 Å². The topological polar surface area (TPSA) is 177 Å². The van der Waals surface area contributed by atoms with Crippen molar-refractivity contribution in [2.45, 2.75) is 84.8 Å². The Kier molecular flexibility index (Phi) is 10.7. The van der Waals surface area contributed by atoms with Gasteiger partial charge in [-0.05, 0) is 69.7 Å². The molecule has 1 fully saturated rings. The number of rotatable bonds is 6. The molecule has 1 aliphatic heterocycles. The zero-order valence-electron chi connectivity index (χ0n) is 24.7. The smallest absolute Gasteiger partial charge is 0.347 e. The van der Waals surface area contributed by atoms with E-state index in [1.54, 1.807) is 13.8 Å². The molecule has 4 N–H and O–H groups in total. The molecular weight excluding hydrogens is 570 g/mol. The van der Waals surface area contributed by atoms with Crippen molar-refractivity contribution in [1.82, 2.24) is 20.6 Å². The number of aliphatic hydroxyl groups excluding tert-OH is 1. The lowest BCUT2D eigenvalue weighted by Crippen LogP contribution is -2.59. The molecule has 3 rings (SSSR count). The van der Waals surface area contributed by atoms with Crippen molar-refractivity contribution >= 4 is 23.8 Å². The number of nitrogens with one attached hydrogen (secondary N) is 2. The second-order valence-electron chi connectivity index (χ2n) is 11.0. The maximum atomic E-state index is 14.5. The SMILES string of the molecule is Cc1nc(F)c(F)c(C)c1C[C@@H]1NC(=O)[C@@H](NC(=O)c2ncccc2O)[C@@H](C)OC(=O)C(CC(C)C)OC(=O)[C@H](C)[C@@H]1O. The first-order valence-corrected chi connectivity index (χ1v) is 13.8. The maximum absolute atomic E-state index is 14.5. The molecule has 43 heavy (non-hydrogen) atoms. The summed E-state index contributed by atoms with van der Waals surface area (Å²) in [6.07, 6.45) is -3.37. The van der Waals surface area contributed by atoms with E-state index >= 15 is 0 Å². The maximum Gasteiger partial charge on any atom is 0.347 e. The quantitative estimate of drug-likeness (QED) is 0.280. The van der Waals surface area contributed by atoms with Gasteiger partial charge in [0, 0.05) is 11.9 Å². The Morgan fingerprint density at radius 3 is 2.44 bits per heavy atom. The van der Waals surface area contributed by atoms with Crippen LogP contribution >= 0.6 is 0 Å². The van der Waals surface area contributed by atoms with Crippen molar-refractivity contribution < 1.29 is 47.6 Å². The molecule has 2 amide bonds. The van der Waals surface area contributed by atoms with Crippen molar-refractivity contribution in [3.05, 3.63) is 52.6 Å². The number of carbonyl (C=O) groups is 4. The van der Waals surface area contributed by atoms with Crippen molar-refractivity contribution in [2.75, 3.05) is 0 Å². The van der Waals surface area contributed by atoms with Crippen molar-refractivity contribution in [3.8, 4) is 5.75 Å². The number of hydrogen-bond acceptors (Lipinski definition) is 10. The molecule has 1 saturated heterocycles. The van der Waals surface area contributed by atoms with Crippen LogP contribution in [0.5, 0.6) is 5.75 Å². The minimum atomic E-state index is -1.65. The highest BCUT2D eigenvalue weighted by molar-refractivity contribution is 5.98. The number of aryl methyl sites for hydroxylation is 1. The molecule has 6 atom stereocenters. The number of cyclic esters (lactones) is 2. The standard InChI is InChI=1S/C29H36F2N4O8/c1-12(2)10-20-29(41)42-16(6)22(35-27(39)23-19(36)8-7-9-32-23)26(38)34-18(24(37)14(4)28(40)43-20)11-17-13(3)21(30)25(31)33-15(17)5/h7-9,12,14,16,18,20,22,24,36-37H,10-11H2,1-6H3,(H,34,38)(H,35,39)/t14-,16-,18+,20?,22+,24+/m1/s1. The van der Waals surface area contributed by atoms with E-state index in [1.165, 1.54) is 46.0 Å². The van der Waals surface area contributed by atoms with E-state index in [1.807, 2.05) is 0 Å². The zero-order valence-corrected chi connectivity index (χ0v) is 24.7. The molecule has 0 spiro atoms. The Morgan fingerprint density at radius 2 is 1.81 bits per heavy atom. The molecule has 0 saturated carbocycles. The van der Waals surface area contributed by atoms with Gasteiger partial charge in [-0.2, -0.15) is 4.39 Å². The first-order valence-electron chi connectivity index (χ1n) is 13.8. The van der Waals surface area contributed by atoms with Crippen molar-refractivity contribution in [2.24, 2.45) is 11.8 Å². The van der Waals surface area contributed by atoms with E-state index in [4.69, 9.17) is 9.47 Å². The number of carbonyl (C=O) groups excluding carboxylic acids is 4. The molecule has 234 valence electrons. The van der Waals surface area contributed by atoms with Gasteiger partial charge in [-0.25, -0.2) is 19.2 Å². The fraction of sp³-hybridized carbons (Fsp3) is 0.517. The average Bonchev–Trinajstić information content (AvgIpc) is 2.94. The van der Waals surface area contributed by atoms with Gasteiger partial charge in [0.1, 0.15) is 17.9 Å². The van der Waals surface area contributed by atoms with Gasteiger partial charge in [-0.15, -0.1) is 0 Å². The summed E-state index contributed by atoms with van der Waals surface area (Å²) in [6.45, 7) is 8.94. The molecular formula is C29H36F2N4O8. The first kappa shape index (κ1) is 33.3. The van der Waals surface area contributed by atoms with Crippen LogP contribution < -0.4 is 10.6 Å². The van der Waals surface area contributed by atoms with Gasteiger partial charge in [0.2, 0.25) is 11.9 Å². The lowest BCUT2D eigenvalue weighted by atomic mass is 9.90. The van der Waals surface area contributed by atoms with Crippen LogP contribution in [0.15, 0.2) is 18.3 Å². The number of aromatic nitrogens is 2. The van der Waals surface area contributed by atoms with E-state index in [9.17, 15) is 38.2 Å². The molecule has 12 nitrogen and oxygen atoms in total. The molecule has 0 aliphatic carbocycles. The van der Waals surface area contributed by atoms with Crippen molar-refractivity contribution in [1.29, 1.82) is 0 Å². The van der Waals surface area contributed by atoms with E-state index in [2.05, 4.69) is 20.6 Å². The third-order valence-corrected chi connectivity index (χ3v) is 7.26. The van der Waals surface area contributed by atoms with E-state index < -0.39 is 83.3 Å². The molecule has 14 heteroatoms. The Bertz CT molecular complexity index is 1390. The highest BCUT2D eigenvalue weighted by Gasteiger charge is 2.40. The largest absolute Gasteiger partial charge is 0.505 e. The van der Waals surface area contributed by atoms with Gasteiger partial charge < -0.3 is 30.3 Å². The molecule has 2 aromatic heterocycles. The average molecular weight is 607 g/mol. The summed E-state index contributed by atoms with van der Waals surface area (Å²) in [4.78, 5) is 60.2. The van der Waals surface area contributed by atoms with Gasteiger partial charge in [-0.3, -0.25) is 14.4 Å². The van der Waals surface area contributed by atoms with Crippen LogP contribution in [0.3, 0.4) is 0 Å². The number of amides is 2. The number of aromatic hydroxyl groups is 1. The van der Waals surface area contributed by atoms with Crippen LogP contribution in [0.1, 0.15) is 61.4 Å². The molecule has 1 unspecified atom stereocenters. The Balaban J connectivity index is 2.07. The summed E-state index contributed by atoms with van der Waals surface area (Å²) >= 11 is 0. The van der Waals surface area contributed by atoms with Gasteiger partial charge in [0.05, 0.1) is 18.1 Å². The van der Waals surface area contributed by atoms with Crippen LogP contribution in [0.25, 0.3) is 0 Å². The molecule has 0 radical (unpaired) electrons. The number of hydrogen-bond donors (Lipinski definition) is 4. The van der Waals surface area contributed by atoms with Gasteiger partial charge in [0.15, 0.2) is 17.6 Å². The number of esters is 2. The molecule has 0 bridgehead atoms. The lowest BCUT2D eigenvalue weighted by molar-refractivity contribution is -0.178. The number of halogens is 2. The highest BCUT2D eigenvalue weighted by atomic mass is 19.2. The van der Waals surface area contributed by atoms with Crippen LogP contribution in [-0.2, 0) is 30.3 Å². The fourth-order valence-corrected chi connectivity index (χ4v) is 4.73. The van der Waals surface area contributed by atoms with E-state index in [0.717, 1.165) is 0 Å². The minimum absolute atomic E-state index is 0.0630. The lowest BCUT2D eigenvalue weighted by Gasteiger charge is -2.33. The summed E-state index contributed by atoms with van der Waals surface area (Å²) in [6, 6.07) is -0.304. The number of pyridine rings is 2. The fourth-order valence-electron chi connectivity index (χ4n) is 4.73. The number of ether oxygens (including phenoxy) is 2. The van der Waals surface area contributed by atoms with E-state index in [0.29, 0.717) is 0 Å². The summed E-state index contributed by atoms with van der Waals surface area (Å²) in [5.41, 5.74) is -0.250. The van der Waals surface area contributed by atoms with Crippen LogP contribution in [-0.4, -0.2) is 74.3 Å². The monoisotopic (exact) mass is 606 g/mol. The Labute approximate surface area is 247 Å². The minimum Gasteiger partial charge on any atom is -0.505 e. The third-order valence-electron chi connectivity index (χ3n) is 7.26. The first-order chi connectivity index (χ1) is 20.1. The van der Waals surface area contributed by atoms with Gasteiger partial charge >= 0.3 is 11.9 Å². The molecule has 3 heterocycles. The second kappa shape index (κ2) is 13.8. The summed E-state index contributed by atoms with van der Waals surface area (Å²) in [5, 5.41) is 26.4. The molecule has 1 aliphatic rings.